The van der Waals surface area contributed by atoms with Crippen LogP contribution in [0, 0.1) is 5.92 Å². The molecular weight excluding hydrogens is 338 g/mol. The summed E-state index contributed by atoms with van der Waals surface area (Å²) in [5, 5.41) is 0. The molecule has 2 aromatic carbocycles. The van der Waals surface area contributed by atoms with Gasteiger partial charge >= 0.3 is 0 Å². The Balaban J connectivity index is 2.44. The zero-order chi connectivity index (χ0) is 17.7. The summed E-state index contributed by atoms with van der Waals surface area (Å²) >= 11 is 1.60. The molecule has 0 aliphatic heterocycles. The molecule has 0 amide bonds. The van der Waals surface area contributed by atoms with Gasteiger partial charge in [-0.15, -0.1) is 11.8 Å². The van der Waals surface area contributed by atoms with Crippen LogP contribution in [0.1, 0.15) is 26.3 Å². The van der Waals surface area contributed by atoms with Crippen LogP contribution in [0.5, 0.6) is 0 Å². The maximum atomic E-state index is 13.1. The molecule has 0 saturated heterocycles. The Labute approximate surface area is 150 Å². The summed E-state index contributed by atoms with van der Waals surface area (Å²) in [6, 6.07) is 14.9. The van der Waals surface area contributed by atoms with E-state index >= 15 is 0 Å². The van der Waals surface area contributed by atoms with Gasteiger partial charge in [0.15, 0.2) is 0 Å². The lowest BCUT2D eigenvalue weighted by atomic mass is 10.1. The third kappa shape index (κ3) is 4.33. The number of anilines is 1. The molecule has 0 saturated carbocycles. The van der Waals surface area contributed by atoms with Crippen molar-refractivity contribution >= 4 is 27.5 Å². The topological polar surface area (TPSA) is 37.4 Å². The molecule has 0 N–H and O–H groups in total. The molecule has 0 aliphatic carbocycles. The summed E-state index contributed by atoms with van der Waals surface area (Å²) in [4.78, 5) is 1.39. The van der Waals surface area contributed by atoms with Gasteiger partial charge in [0.1, 0.15) is 0 Å². The minimum atomic E-state index is -3.57. The summed E-state index contributed by atoms with van der Waals surface area (Å²) in [5.41, 5.74) is 1.92. The average Bonchev–Trinajstić information content (AvgIpc) is 2.59. The van der Waals surface area contributed by atoms with Crippen molar-refractivity contribution in [1.82, 2.24) is 0 Å². The molecule has 130 valence electrons. The predicted molar refractivity (Wildman–Crippen MR) is 103 cm³/mol. The summed E-state index contributed by atoms with van der Waals surface area (Å²) in [6.45, 7) is 6.60. The van der Waals surface area contributed by atoms with E-state index in [1.54, 1.807) is 23.9 Å². The second-order valence-corrected chi connectivity index (χ2v) is 8.87. The lowest BCUT2D eigenvalue weighted by Crippen LogP contribution is -2.34. The number of hydrogen-bond acceptors (Lipinski definition) is 3. The molecule has 0 atom stereocenters. The molecule has 0 heterocycles. The predicted octanol–water partition coefficient (Wildman–Crippen LogP) is 4.82. The van der Waals surface area contributed by atoms with E-state index in [1.165, 1.54) is 9.87 Å². The van der Waals surface area contributed by atoms with Crippen molar-refractivity contribution in [3.05, 3.63) is 54.1 Å². The fourth-order valence-electron chi connectivity index (χ4n) is 2.45. The first-order valence-corrected chi connectivity index (χ1v) is 10.8. The third-order valence-corrected chi connectivity index (χ3v) is 6.36. The highest BCUT2D eigenvalue weighted by Crippen LogP contribution is 2.26. The first-order chi connectivity index (χ1) is 11.4. The first kappa shape index (κ1) is 18.9. The zero-order valence-electron chi connectivity index (χ0n) is 14.7. The molecular formula is C19H25NO2S2. The summed E-state index contributed by atoms with van der Waals surface area (Å²) in [7, 11) is -3.57. The van der Waals surface area contributed by atoms with Gasteiger partial charge in [-0.25, -0.2) is 8.42 Å². The Morgan fingerprint density at radius 2 is 1.58 bits per heavy atom. The average molecular weight is 364 g/mol. The molecule has 5 heteroatoms. The van der Waals surface area contributed by atoms with Gasteiger partial charge in [0.25, 0.3) is 10.0 Å². The lowest BCUT2D eigenvalue weighted by molar-refractivity contribution is 0.577. The van der Waals surface area contributed by atoms with Crippen molar-refractivity contribution in [2.75, 3.05) is 17.1 Å². The van der Waals surface area contributed by atoms with E-state index < -0.39 is 10.0 Å². The largest absolute Gasteiger partial charge is 0.266 e. The number of benzene rings is 2. The van der Waals surface area contributed by atoms with E-state index in [1.807, 2.05) is 56.5 Å². The zero-order valence-corrected chi connectivity index (χ0v) is 16.3. The van der Waals surface area contributed by atoms with E-state index in [4.69, 9.17) is 0 Å². The van der Waals surface area contributed by atoms with E-state index in [9.17, 15) is 8.42 Å². The molecule has 2 aromatic rings. The number of thioether (sulfide) groups is 1. The van der Waals surface area contributed by atoms with E-state index in [0.717, 1.165) is 17.0 Å². The highest BCUT2D eigenvalue weighted by molar-refractivity contribution is 7.98. The van der Waals surface area contributed by atoms with Crippen LogP contribution < -0.4 is 4.31 Å². The van der Waals surface area contributed by atoms with Crippen molar-refractivity contribution in [2.45, 2.75) is 37.0 Å². The molecule has 0 spiro atoms. The lowest BCUT2D eigenvalue weighted by Gasteiger charge is -2.26. The van der Waals surface area contributed by atoms with Crippen LogP contribution in [0.2, 0.25) is 0 Å². The van der Waals surface area contributed by atoms with Gasteiger partial charge in [0.2, 0.25) is 0 Å². The number of hydrogen-bond donors (Lipinski definition) is 0. The summed E-state index contributed by atoms with van der Waals surface area (Å²) < 4.78 is 27.8. The highest BCUT2D eigenvalue weighted by Gasteiger charge is 2.25. The second kappa shape index (κ2) is 8.08. The van der Waals surface area contributed by atoms with Crippen LogP contribution in [0.3, 0.4) is 0 Å². The smallest absolute Gasteiger partial charge is 0.264 e. The highest BCUT2D eigenvalue weighted by atomic mass is 32.2. The van der Waals surface area contributed by atoms with Gasteiger partial charge in [-0.1, -0.05) is 32.9 Å². The number of sulfonamides is 1. The SMILES string of the molecule is CCc1ccc(N(CC(C)C)S(=O)(=O)c2ccc(SC)cc2)cc1. The fraction of sp³-hybridized carbons (Fsp3) is 0.368. The van der Waals surface area contributed by atoms with Gasteiger partial charge < -0.3 is 0 Å². The molecule has 24 heavy (non-hydrogen) atoms. The molecule has 3 nitrogen and oxygen atoms in total. The maximum Gasteiger partial charge on any atom is 0.264 e. The van der Waals surface area contributed by atoms with Crippen molar-refractivity contribution in [2.24, 2.45) is 5.92 Å². The molecule has 0 fully saturated rings. The fourth-order valence-corrected chi connectivity index (χ4v) is 4.48. The maximum absolute atomic E-state index is 13.1. The van der Waals surface area contributed by atoms with Gasteiger partial charge in [-0.05, 0) is 60.6 Å². The standard InChI is InChI=1S/C19H25NO2S2/c1-5-16-6-8-17(9-7-16)20(14-15(2)3)24(21,22)19-12-10-18(23-4)11-13-19/h6-13,15H,5,14H2,1-4H3. The first-order valence-electron chi connectivity index (χ1n) is 8.14. The van der Waals surface area contributed by atoms with Crippen LogP contribution in [-0.2, 0) is 16.4 Å². The van der Waals surface area contributed by atoms with Gasteiger partial charge in [-0.3, -0.25) is 4.31 Å². The van der Waals surface area contributed by atoms with Crippen molar-refractivity contribution in [3.63, 3.8) is 0 Å². The van der Waals surface area contributed by atoms with Crippen molar-refractivity contribution < 1.29 is 8.42 Å². The van der Waals surface area contributed by atoms with Gasteiger partial charge in [-0.2, -0.15) is 0 Å². The van der Waals surface area contributed by atoms with E-state index in [2.05, 4.69) is 6.92 Å². The Morgan fingerprint density at radius 1 is 1.00 bits per heavy atom. The van der Waals surface area contributed by atoms with Crippen LogP contribution in [0.15, 0.2) is 58.3 Å². The van der Waals surface area contributed by atoms with Crippen LogP contribution in [-0.4, -0.2) is 21.2 Å². The number of nitrogens with zero attached hydrogens (tertiary/aromatic N) is 1. The van der Waals surface area contributed by atoms with Crippen molar-refractivity contribution in [3.8, 4) is 0 Å². The normalized spacial score (nSPS) is 11.7. The quantitative estimate of drug-likeness (QED) is 0.662. The number of rotatable bonds is 7. The third-order valence-electron chi connectivity index (χ3n) is 3.81. The molecule has 0 aromatic heterocycles. The Morgan fingerprint density at radius 3 is 2.04 bits per heavy atom. The summed E-state index contributed by atoms with van der Waals surface area (Å²) in [6.07, 6.45) is 2.91. The van der Waals surface area contributed by atoms with Gasteiger partial charge in [0, 0.05) is 11.4 Å². The Bertz CT molecular complexity index is 751. The molecule has 2 rings (SSSR count). The van der Waals surface area contributed by atoms with E-state index in [-0.39, 0.29) is 5.92 Å². The number of aryl methyl sites for hydroxylation is 1. The van der Waals surface area contributed by atoms with Crippen LogP contribution >= 0.6 is 11.8 Å². The minimum absolute atomic E-state index is 0.232. The molecule has 0 bridgehead atoms. The van der Waals surface area contributed by atoms with E-state index in [0.29, 0.717) is 11.4 Å². The second-order valence-electron chi connectivity index (χ2n) is 6.13. The Kier molecular flexibility index (Phi) is 6.35. The van der Waals surface area contributed by atoms with Gasteiger partial charge in [0.05, 0.1) is 10.6 Å². The van der Waals surface area contributed by atoms with Crippen LogP contribution in [0.4, 0.5) is 5.69 Å². The molecule has 0 unspecified atom stereocenters. The minimum Gasteiger partial charge on any atom is -0.266 e. The monoisotopic (exact) mass is 363 g/mol. The van der Waals surface area contributed by atoms with Crippen molar-refractivity contribution in [1.29, 1.82) is 0 Å². The van der Waals surface area contributed by atoms with Crippen LogP contribution in [0.25, 0.3) is 0 Å². The molecule has 0 radical (unpaired) electrons. The Hall–Kier alpha value is -1.46. The molecule has 0 aliphatic rings. The summed E-state index contributed by atoms with van der Waals surface area (Å²) in [5.74, 6) is 0.232.